The van der Waals surface area contributed by atoms with E-state index < -0.39 is 0 Å². The molecule has 0 spiro atoms. The quantitative estimate of drug-likeness (QED) is 0.926. The number of nitrogens with one attached hydrogen (secondary N) is 1. The molecular weight excluding hydrogens is 260 g/mol. The first-order valence-corrected chi connectivity index (χ1v) is 7.58. The highest BCUT2D eigenvalue weighted by molar-refractivity contribution is 7.15. The lowest BCUT2D eigenvalue weighted by Gasteiger charge is -2.32. The minimum absolute atomic E-state index is 0.330. The Morgan fingerprint density at radius 3 is 3.26 bits per heavy atom. The van der Waals surface area contributed by atoms with Crippen LogP contribution in [0, 0.1) is 0 Å². The molecule has 6 heteroatoms. The van der Waals surface area contributed by atoms with E-state index in [1.165, 1.54) is 12.1 Å². The fraction of sp³-hybridized carbons (Fsp3) is 0.615. The van der Waals surface area contributed by atoms with Gasteiger partial charge in [-0.15, -0.1) is 11.3 Å². The first kappa shape index (κ1) is 12.9. The first-order valence-electron chi connectivity index (χ1n) is 6.70. The van der Waals surface area contributed by atoms with Crippen LogP contribution in [0.4, 0.5) is 5.82 Å². The van der Waals surface area contributed by atoms with Gasteiger partial charge in [0, 0.05) is 38.3 Å². The summed E-state index contributed by atoms with van der Waals surface area (Å²) in [6.45, 7) is 2.85. The highest BCUT2D eigenvalue weighted by Gasteiger charge is 2.24. The smallest absolute Gasteiger partial charge is 0.195 e. The van der Waals surface area contributed by atoms with Crippen LogP contribution in [0.1, 0.15) is 18.5 Å². The van der Waals surface area contributed by atoms with Crippen molar-refractivity contribution in [3.63, 3.8) is 0 Å². The number of nitrogens with zero attached hydrogens (tertiary/aromatic N) is 3. The fourth-order valence-corrected chi connectivity index (χ4v) is 3.46. The van der Waals surface area contributed by atoms with Crippen molar-refractivity contribution in [2.45, 2.75) is 25.5 Å². The highest BCUT2D eigenvalue weighted by atomic mass is 32.1. The van der Waals surface area contributed by atoms with Gasteiger partial charge in [0.05, 0.1) is 11.8 Å². The highest BCUT2D eigenvalue weighted by Crippen LogP contribution is 2.27. The number of hydrogen-bond acceptors (Lipinski definition) is 5. The summed E-state index contributed by atoms with van der Waals surface area (Å²) in [5.41, 5.74) is 1.25. The Kier molecular flexibility index (Phi) is 3.72. The number of imidazole rings is 1. The van der Waals surface area contributed by atoms with Crippen molar-refractivity contribution in [3.8, 4) is 0 Å². The number of ether oxygens (including phenoxy) is 1. The van der Waals surface area contributed by atoms with Crippen molar-refractivity contribution in [2.24, 2.45) is 0 Å². The van der Waals surface area contributed by atoms with Gasteiger partial charge in [-0.1, -0.05) is 0 Å². The maximum absolute atomic E-state index is 5.51. The number of thiazole rings is 1. The number of methoxy groups -OCH3 is 1. The number of piperidine rings is 1. The van der Waals surface area contributed by atoms with Crippen molar-refractivity contribution < 1.29 is 4.74 Å². The monoisotopic (exact) mass is 280 g/mol. The van der Waals surface area contributed by atoms with Crippen LogP contribution in [0.15, 0.2) is 11.6 Å². The van der Waals surface area contributed by atoms with E-state index >= 15 is 0 Å². The van der Waals surface area contributed by atoms with E-state index in [1.54, 1.807) is 18.4 Å². The summed E-state index contributed by atoms with van der Waals surface area (Å²) in [4.78, 5) is 8.23. The molecule has 0 aliphatic carbocycles. The summed E-state index contributed by atoms with van der Waals surface area (Å²) >= 11 is 1.68. The Morgan fingerprint density at radius 1 is 1.58 bits per heavy atom. The normalized spacial score (nSPS) is 20.3. The van der Waals surface area contributed by atoms with Gasteiger partial charge in [0.15, 0.2) is 10.8 Å². The molecular formula is C13H20N4OS. The minimum atomic E-state index is 0.330. The third-order valence-electron chi connectivity index (χ3n) is 3.70. The average molecular weight is 280 g/mol. The SMILES string of the molecule is CNCc1c(N2CCCC(OC)C2)nc2sccn12. The molecule has 1 saturated heterocycles. The lowest BCUT2D eigenvalue weighted by Crippen LogP contribution is -2.40. The zero-order valence-electron chi connectivity index (χ0n) is 11.4. The van der Waals surface area contributed by atoms with Gasteiger partial charge >= 0.3 is 0 Å². The van der Waals surface area contributed by atoms with Crippen molar-refractivity contribution in [1.82, 2.24) is 14.7 Å². The maximum Gasteiger partial charge on any atom is 0.195 e. The number of anilines is 1. The topological polar surface area (TPSA) is 41.8 Å². The van der Waals surface area contributed by atoms with Crippen molar-refractivity contribution in [2.75, 3.05) is 32.1 Å². The largest absolute Gasteiger partial charge is 0.380 e. The van der Waals surface area contributed by atoms with Gasteiger partial charge in [0.25, 0.3) is 0 Å². The molecule has 5 nitrogen and oxygen atoms in total. The lowest BCUT2D eigenvalue weighted by atomic mass is 10.1. The second-order valence-corrected chi connectivity index (χ2v) is 5.79. The average Bonchev–Trinajstić information content (AvgIpc) is 3.02. The summed E-state index contributed by atoms with van der Waals surface area (Å²) in [7, 11) is 3.78. The second kappa shape index (κ2) is 5.48. The molecule has 1 aliphatic heterocycles. The van der Waals surface area contributed by atoms with Crippen molar-refractivity contribution >= 4 is 22.1 Å². The summed E-state index contributed by atoms with van der Waals surface area (Å²) in [6.07, 6.45) is 4.75. The zero-order chi connectivity index (χ0) is 13.2. The maximum atomic E-state index is 5.51. The molecule has 0 bridgehead atoms. The van der Waals surface area contributed by atoms with Gasteiger partial charge in [-0.3, -0.25) is 4.40 Å². The molecule has 0 saturated carbocycles. The van der Waals surface area contributed by atoms with E-state index in [-0.39, 0.29) is 0 Å². The predicted octanol–water partition coefficient (Wildman–Crippen LogP) is 1.73. The molecule has 104 valence electrons. The van der Waals surface area contributed by atoms with Crippen LogP contribution in [-0.2, 0) is 11.3 Å². The number of fused-ring (bicyclic) bond motifs is 1. The van der Waals surface area contributed by atoms with Crippen LogP contribution in [0.2, 0.25) is 0 Å². The first-order chi connectivity index (χ1) is 9.33. The Morgan fingerprint density at radius 2 is 2.47 bits per heavy atom. The molecule has 3 rings (SSSR count). The van der Waals surface area contributed by atoms with Crippen LogP contribution in [0.3, 0.4) is 0 Å². The molecule has 0 aromatic carbocycles. The van der Waals surface area contributed by atoms with E-state index in [1.807, 2.05) is 7.05 Å². The van der Waals surface area contributed by atoms with Gasteiger partial charge < -0.3 is 15.0 Å². The molecule has 1 N–H and O–H groups in total. The number of aromatic nitrogens is 2. The predicted molar refractivity (Wildman–Crippen MR) is 78.1 cm³/mol. The van der Waals surface area contributed by atoms with Crippen molar-refractivity contribution in [3.05, 3.63) is 17.3 Å². The summed E-state index contributed by atoms with van der Waals surface area (Å²) in [5, 5.41) is 5.33. The summed E-state index contributed by atoms with van der Waals surface area (Å²) < 4.78 is 7.70. The molecule has 3 heterocycles. The summed E-state index contributed by atoms with van der Waals surface area (Å²) in [6, 6.07) is 0. The van der Waals surface area contributed by atoms with Crippen LogP contribution < -0.4 is 10.2 Å². The van der Waals surface area contributed by atoms with Gasteiger partial charge in [-0.05, 0) is 19.9 Å². The number of rotatable bonds is 4. The third kappa shape index (κ3) is 2.35. The molecule has 2 aromatic heterocycles. The summed E-state index contributed by atoms with van der Waals surface area (Å²) in [5.74, 6) is 1.11. The molecule has 1 aliphatic rings. The molecule has 19 heavy (non-hydrogen) atoms. The van der Waals surface area contributed by atoms with Crippen LogP contribution in [0.5, 0.6) is 0 Å². The molecule has 2 aromatic rings. The molecule has 1 unspecified atom stereocenters. The van der Waals surface area contributed by atoms with Gasteiger partial charge in [-0.25, -0.2) is 4.98 Å². The van der Waals surface area contributed by atoms with Gasteiger partial charge in [0.2, 0.25) is 0 Å². The van der Waals surface area contributed by atoms with Crippen molar-refractivity contribution in [1.29, 1.82) is 0 Å². The fourth-order valence-electron chi connectivity index (χ4n) is 2.73. The Hall–Kier alpha value is -1.11. The molecule has 0 radical (unpaired) electrons. The van der Waals surface area contributed by atoms with E-state index in [4.69, 9.17) is 9.72 Å². The Labute approximate surface area is 117 Å². The third-order valence-corrected chi connectivity index (χ3v) is 4.45. The molecule has 1 atom stereocenters. The molecule has 1 fully saturated rings. The minimum Gasteiger partial charge on any atom is -0.380 e. The van der Waals surface area contributed by atoms with Crippen LogP contribution in [0.25, 0.3) is 4.96 Å². The second-order valence-electron chi connectivity index (χ2n) is 4.91. The van der Waals surface area contributed by atoms with E-state index in [0.29, 0.717) is 6.10 Å². The van der Waals surface area contributed by atoms with E-state index in [2.05, 4.69) is 26.2 Å². The Bertz CT molecular complexity index is 550. The number of hydrogen-bond donors (Lipinski definition) is 1. The van der Waals surface area contributed by atoms with Crippen LogP contribution >= 0.6 is 11.3 Å². The molecule has 0 amide bonds. The van der Waals surface area contributed by atoms with E-state index in [9.17, 15) is 0 Å². The lowest BCUT2D eigenvalue weighted by molar-refractivity contribution is 0.0891. The zero-order valence-corrected chi connectivity index (χ0v) is 12.2. The van der Waals surface area contributed by atoms with Gasteiger partial charge in [0.1, 0.15) is 0 Å². The van der Waals surface area contributed by atoms with Gasteiger partial charge in [-0.2, -0.15) is 0 Å². The van der Waals surface area contributed by atoms with E-state index in [0.717, 1.165) is 36.8 Å². The standard InChI is InChI=1S/C13H20N4OS/c1-14-8-11-12(15-13-17(11)6-7-19-13)16-5-3-4-10(9-16)18-2/h6-7,10,14H,3-5,8-9H2,1-2H3. The Balaban J connectivity index is 1.94. The van der Waals surface area contributed by atoms with Crippen LogP contribution in [-0.4, -0.2) is 42.7 Å².